The van der Waals surface area contributed by atoms with Crippen LogP contribution in [0.3, 0.4) is 0 Å². The summed E-state index contributed by atoms with van der Waals surface area (Å²) in [6.45, 7) is 2.08. The molecule has 2 aromatic rings. The molecule has 0 aliphatic carbocycles. The third-order valence-electron chi connectivity index (χ3n) is 3.37. The SMILES string of the molecule is CC(O)(CNC(=O)NCCc1ccccc1F)c1ccsc1. The standard InChI is InChI=1S/C16H19FN2O2S/c1-16(21,13-7-9-22-10-13)11-19-15(20)18-8-6-12-4-2-3-5-14(12)17/h2-5,7,9-10,21H,6,8,11H2,1H3,(H2,18,19,20). The van der Waals surface area contributed by atoms with Gasteiger partial charge in [0.05, 0.1) is 6.54 Å². The minimum atomic E-state index is -1.11. The molecule has 3 N–H and O–H groups in total. The number of thiophene rings is 1. The largest absolute Gasteiger partial charge is 0.384 e. The number of amides is 2. The molecule has 0 aliphatic heterocycles. The number of urea groups is 1. The lowest BCUT2D eigenvalue weighted by Gasteiger charge is -2.22. The number of halogens is 1. The van der Waals surface area contributed by atoms with Crippen molar-refractivity contribution in [1.82, 2.24) is 10.6 Å². The average molecular weight is 322 g/mol. The fourth-order valence-corrected chi connectivity index (χ4v) is 2.78. The molecule has 22 heavy (non-hydrogen) atoms. The van der Waals surface area contributed by atoms with Gasteiger partial charge in [-0.25, -0.2) is 9.18 Å². The van der Waals surface area contributed by atoms with Crippen molar-refractivity contribution in [2.75, 3.05) is 13.1 Å². The van der Waals surface area contributed by atoms with Crippen molar-refractivity contribution < 1.29 is 14.3 Å². The van der Waals surface area contributed by atoms with Gasteiger partial charge in [-0.1, -0.05) is 18.2 Å². The van der Waals surface area contributed by atoms with E-state index in [0.717, 1.165) is 5.56 Å². The van der Waals surface area contributed by atoms with Crippen molar-refractivity contribution >= 4 is 17.4 Å². The van der Waals surface area contributed by atoms with Crippen LogP contribution in [0, 0.1) is 5.82 Å². The summed E-state index contributed by atoms with van der Waals surface area (Å²) in [5, 5.41) is 19.3. The maximum absolute atomic E-state index is 13.4. The van der Waals surface area contributed by atoms with Crippen molar-refractivity contribution in [1.29, 1.82) is 0 Å². The Balaban J connectivity index is 1.73. The minimum Gasteiger partial charge on any atom is -0.384 e. The molecule has 1 aromatic carbocycles. The Bertz CT molecular complexity index is 614. The molecule has 0 bridgehead atoms. The molecule has 1 heterocycles. The van der Waals surface area contributed by atoms with Crippen LogP contribution in [0.15, 0.2) is 41.1 Å². The molecule has 0 radical (unpaired) electrons. The monoisotopic (exact) mass is 322 g/mol. The van der Waals surface area contributed by atoms with Gasteiger partial charge in [0.1, 0.15) is 11.4 Å². The predicted molar refractivity (Wildman–Crippen MR) is 85.4 cm³/mol. The van der Waals surface area contributed by atoms with E-state index < -0.39 is 5.60 Å². The molecular formula is C16H19FN2O2S. The molecular weight excluding hydrogens is 303 g/mol. The summed E-state index contributed by atoms with van der Waals surface area (Å²) in [5.74, 6) is -0.273. The highest BCUT2D eigenvalue weighted by molar-refractivity contribution is 7.08. The molecule has 2 amide bonds. The summed E-state index contributed by atoms with van der Waals surface area (Å²) in [4.78, 5) is 11.7. The van der Waals surface area contributed by atoms with Gasteiger partial charge in [-0.05, 0) is 47.4 Å². The van der Waals surface area contributed by atoms with E-state index in [2.05, 4.69) is 10.6 Å². The summed E-state index contributed by atoms with van der Waals surface area (Å²) in [7, 11) is 0. The second-order valence-electron chi connectivity index (χ2n) is 5.24. The molecule has 0 aliphatic rings. The van der Waals surface area contributed by atoms with Crippen molar-refractivity contribution in [2.45, 2.75) is 18.9 Å². The number of hydrogen-bond donors (Lipinski definition) is 3. The lowest BCUT2D eigenvalue weighted by atomic mass is 9.99. The first-order chi connectivity index (χ1) is 10.5. The van der Waals surface area contributed by atoms with Crippen LogP contribution in [0.25, 0.3) is 0 Å². The highest BCUT2D eigenvalue weighted by atomic mass is 32.1. The summed E-state index contributed by atoms with van der Waals surface area (Å²) >= 11 is 1.49. The first-order valence-corrected chi connectivity index (χ1v) is 7.93. The molecule has 6 heteroatoms. The zero-order chi connectivity index (χ0) is 16.0. The average Bonchev–Trinajstić information content (AvgIpc) is 3.02. The third kappa shape index (κ3) is 4.54. The summed E-state index contributed by atoms with van der Waals surface area (Å²) in [6, 6.07) is 7.92. The van der Waals surface area contributed by atoms with Crippen LogP contribution in [0.2, 0.25) is 0 Å². The number of rotatable bonds is 6. The molecule has 4 nitrogen and oxygen atoms in total. The second kappa shape index (κ2) is 7.38. The van der Waals surface area contributed by atoms with Gasteiger partial charge >= 0.3 is 6.03 Å². The number of carbonyl (C=O) groups excluding carboxylic acids is 1. The van der Waals surface area contributed by atoms with E-state index in [1.807, 2.05) is 16.8 Å². The number of aliphatic hydroxyl groups is 1. The van der Waals surface area contributed by atoms with Gasteiger partial charge in [0.15, 0.2) is 0 Å². The molecule has 0 saturated carbocycles. The van der Waals surface area contributed by atoms with E-state index >= 15 is 0 Å². The van der Waals surface area contributed by atoms with Gasteiger partial charge in [0.25, 0.3) is 0 Å². The smallest absolute Gasteiger partial charge is 0.314 e. The molecule has 1 aromatic heterocycles. The molecule has 0 saturated heterocycles. The number of carbonyl (C=O) groups is 1. The third-order valence-corrected chi connectivity index (χ3v) is 4.06. The van der Waals surface area contributed by atoms with Gasteiger partial charge in [0, 0.05) is 6.54 Å². The Hall–Kier alpha value is -1.92. The van der Waals surface area contributed by atoms with Gasteiger partial charge in [-0.2, -0.15) is 11.3 Å². The zero-order valence-electron chi connectivity index (χ0n) is 12.3. The maximum Gasteiger partial charge on any atom is 0.314 e. The Morgan fingerprint density at radius 2 is 2.09 bits per heavy atom. The van der Waals surface area contributed by atoms with E-state index in [1.54, 1.807) is 25.1 Å². The first kappa shape index (κ1) is 16.5. The van der Waals surface area contributed by atoms with E-state index in [-0.39, 0.29) is 18.4 Å². The summed E-state index contributed by atoms with van der Waals surface area (Å²) in [5.41, 5.74) is 0.223. The van der Waals surface area contributed by atoms with Crippen LogP contribution in [-0.4, -0.2) is 24.2 Å². The molecule has 118 valence electrons. The van der Waals surface area contributed by atoms with E-state index in [0.29, 0.717) is 18.5 Å². The lowest BCUT2D eigenvalue weighted by molar-refractivity contribution is 0.0598. The fraction of sp³-hybridized carbons (Fsp3) is 0.312. The highest BCUT2D eigenvalue weighted by Gasteiger charge is 2.24. The number of hydrogen-bond acceptors (Lipinski definition) is 3. The second-order valence-corrected chi connectivity index (χ2v) is 6.02. The van der Waals surface area contributed by atoms with Crippen LogP contribution >= 0.6 is 11.3 Å². The normalized spacial score (nSPS) is 13.4. The first-order valence-electron chi connectivity index (χ1n) is 6.99. The quantitative estimate of drug-likeness (QED) is 0.765. The lowest BCUT2D eigenvalue weighted by Crippen LogP contribution is -2.43. The zero-order valence-corrected chi connectivity index (χ0v) is 13.1. The van der Waals surface area contributed by atoms with Crippen LogP contribution in [0.4, 0.5) is 9.18 Å². The van der Waals surface area contributed by atoms with Crippen LogP contribution in [-0.2, 0) is 12.0 Å². The molecule has 1 atom stereocenters. The van der Waals surface area contributed by atoms with Crippen LogP contribution in [0.1, 0.15) is 18.1 Å². The van der Waals surface area contributed by atoms with Crippen molar-refractivity contribution in [3.05, 3.63) is 58.0 Å². The van der Waals surface area contributed by atoms with E-state index in [1.165, 1.54) is 17.4 Å². The molecule has 2 rings (SSSR count). The summed E-state index contributed by atoms with van der Waals surface area (Å²) in [6.07, 6.45) is 0.418. The van der Waals surface area contributed by atoms with E-state index in [4.69, 9.17) is 0 Å². The molecule has 1 unspecified atom stereocenters. The van der Waals surface area contributed by atoms with Gasteiger partial charge < -0.3 is 15.7 Å². The van der Waals surface area contributed by atoms with Crippen LogP contribution < -0.4 is 10.6 Å². The Morgan fingerprint density at radius 3 is 2.77 bits per heavy atom. The fourth-order valence-electron chi connectivity index (χ4n) is 2.00. The Labute approximate surface area is 133 Å². The maximum atomic E-state index is 13.4. The Kier molecular flexibility index (Phi) is 5.51. The Morgan fingerprint density at radius 1 is 1.32 bits per heavy atom. The van der Waals surface area contributed by atoms with Crippen LogP contribution in [0.5, 0.6) is 0 Å². The van der Waals surface area contributed by atoms with Gasteiger partial charge in [0.2, 0.25) is 0 Å². The summed E-state index contributed by atoms with van der Waals surface area (Å²) < 4.78 is 13.4. The molecule has 0 spiro atoms. The topological polar surface area (TPSA) is 61.4 Å². The van der Waals surface area contributed by atoms with Crippen molar-refractivity contribution in [3.63, 3.8) is 0 Å². The van der Waals surface area contributed by atoms with Gasteiger partial charge in [-0.3, -0.25) is 0 Å². The van der Waals surface area contributed by atoms with Crippen molar-refractivity contribution in [2.24, 2.45) is 0 Å². The number of nitrogens with one attached hydrogen (secondary N) is 2. The highest BCUT2D eigenvalue weighted by Crippen LogP contribution is 2.21. The van der Waals surface area contributed by atoms with Gasteiger partial charge in [-0.15, -0.1) is 0 Å². The van der Waals surface area contributed by atoms with E-state index in [9.17, 15) is 14.3 Å². The predicted octanol–water partition coefficient (Wildman–Crippen LogP) is 2.64. The minimum absolute atomic E-state index is 0.106. The molecule has 0 fully saturated rings. The van der Waals surface area contributed by atoms with Crippen molar-refractivity contribution in [3.8, 4) is 0 Å². The number of benzene rings is 1.